The summed E-state index contributed by atoms with van der Waals surface area (Å²) in [4.78, 5) is 15.7. The Morgan fingerprint density at radius 3 is 2.68 bits per heavy atom. The first kappa shape index (κ1) is 13.2. The molecule has 98 valence electrons. The van der Waals surface area contributed by atoms with Crippen LogP contribution < -0.4 is 5.43 Å². The highest BCUT2D eigenvalue weighted by Crippen LogP contribution is 2.12. The smallest absolute Gasteiger partial charge is 0.273 e. The number of hydrogen-bond acceptors (Lipinski definition) is 4. The number of aryl methyl sites for hydroxylation is 1. The summed E-state index contributed by atoms with van der Waals surface area (Å²) < 4.78 is 1.47. The summed E-state index contributed by atoms with van der Waals surface area (Å²) in [5, 5.41) is 8.25. The molecule has 0 aromatic carbocycles. The van der Waals surface area contributed by atoms with Crippen LogP contribution in [-0.4, -0.2) is 26.4 Å². The highest BCUT2D eigenvalue weighted by Gasteiger charge is 2.14. The molecule has 19 heavy (non-hydrogen) atoms. The lowest BCUT2D eigenvalue weighted by molar-refractivity contribution is 0.0949. The van der Waals surface area contributed by atoms with Gasteiger partial charge in [0.2, 0.25) is 0 Å². The van der Waals surface area contributed by atoms with Gasteiger partial charge in [0, 0.05) is 31.2 Å². The first-order chi connectivity index (χ1) is 9.08. The average Bonchev–Trinajstić information content (AvgIpc) is 2.75. The first-order valence-corrected chi connectivity index (χ1v) is 5.90. The molecule has 2 rings (SSSR count). The minimum atomic E-state index is -0.445. The zero-order valence-electron chi connectivity index (χ0n) is 10.5. The van der Waals surface area contributed by atoms with Crippen LogP contribution in [0, 0.1) is 0 Å². The number of carbonyl (C=O) groups is 1. The Bertz CT molecular complexity index is 620. The molecule has 6 nitrogen and oxygen atoms in total. The molecule has 0 unspecified atom stereocenters. The zero-order chi connectivity index (χ0) is 13.8. The topological polar surface area (TPSA) is 72.2 Å². The van der Waals surface area contributed by atoms with E-state index in [2.05, 4.69) is 20.6 Å². The Kier molecular flexibility index (Phi) is 3.91. The number of nitrogens with one attached hydrogen (secondary N) is 1. The van der Waals surface area contributed by atoms with E-state index < -0.39 is 5.91 Å². The van der Waals surface area contributed by atoms with Crippen LogP contribution in [-0.2, 0) is 7.05 Å². The van der Waals surface area contributed by atoms with Gasteiger partial charge in [-0.25, -0.2) is 5.43 Å². The highest BCUT2D eigenvalue weighted by molar-refractivity contribution is 6.33. The second-order valence-corrected chi connectivity index (χ2v) is 4.28. The Hall–Kier alpha value is -2.21. The van der Waals surface area contributed by atoms with Gasteiger partial charge in [-0.1, -0.05) is 11.6 Å². The van der Waals surface area contributed by atoms with Crippen molar-refractivity contribution in [1.29, 1.82) is 0 Å². The van der Waals surface area contributed by atoms with Gasteiger partial charge in [-0.05, 0) is 19.1 Å². The Morgan fingerprint density at radius 2 is 2.11 bits per heavy atom. The molecule has 1 amide bonds. The van der Waals surface area contributed by atoms with E-state index in [1.54, 1.807) is 44.7 Å². The lowest BCUT2D eigenvalue weighted by atomic mass is 10.2. The number of halogens is 1. The molecular weight excluding hydrogens is 266 g/mol. The van der Waals surface area contributed by atoms with Crippen molar-refractivity contribution in [3.05, 3.63) is 47.0 Å². The van der Waals surface area contributed by atoms with Gasteiger partial charge in [-0.3, -0.25) is 14.5 Å². The second-order valence-electron chi connectivity index (χ2n) is 3.87. The quantitative estimate of drug-likeness (QED) is 0.684. The van der Waals surface area contributed by atoms with Gasteiger partial charge in [-0.2, -0.15) is 10.2 Å². The van der Waals surface area contributed by atoms with Crippen molar-refractivity contribution in [2.45, 2.75) is 6.92 Å². The van der Waals surface area contributed by atoms with Gasteiger partial charge in [0.25, 0.3) is 5.91 Å². The van der Waals surface area contributed by atoms with Crippen molar-refractivity contribution in [2.75, 3.05) is 0 Å². The fourth-order valence-electron chi connectivity index (χ4n) is 1.46. The van der Waals surface area contributed by atoms with Crippen molar-refractivity contribution in [3.8, 4) is 0 Å². The molecule has 1 N–H and O–H groups in total. The molecule has 0 atom stereocenters. The van der Waals surface area contributed by atoms with Crippen molar-refractivity contribution in [2.24, 2.45) is 12.1 Å². The molecule has 0 radical (unpaired) electrons. The van der Waals surface area contributed by atoms with E-state index in [0.29, 0.717) is 5.71 Å². The summed E-state index contributed by atoms with van der Waals surface area (Å²) in [7, 11) is 1.69. The standard InChI is InChI=1S/C12H12ClN5O/c1-8(9-3-5-14-6-4-9)15-16-12(19)11-10(13)7-18(2)17-11/h3-7H,1-2H3,(H,16,19)/b15-8-. The van der Waals surface area contributed by atoms with Gasteiger partial charge in [0.05, 0.1) is 10.7 Å². The summed E-state index contributed by atoms with van der Waals surface area (Å²) in [6.07, 6.45) is 4.87. The van der Waals surface area contributed by atoms with Crippen molar-refractivity contribution < 1.29 is 4.79 Å². The van der Waals surface area contributed by atoms with Crippen molar-refractivity contribution in [1.82, 2.24) is 20.2 Å². The van der Waals surface area contributed by atoms with Gasteiger partial charge in [0.15, 0.2) is 5.69 Å². The van der Waals surface area contributed by atoms with E-state index in [4.69, 9.17) is 11.6 Å². The SMILES string of the molecule is C/C(=N/NC(=O)c1nn(C)cc1Cl)c1ccncc1. The first-order valence-electron chi connectivity index (χ1n) is 5.52. The lowest BCUT2D eigenvalue weighted by Crippen LogP contribution is -2.20. The second kappa shape index (κ2) is 5.62. The van der Waals surface area contributed by atoms with Crippen LogP contribution in [0.4, 0.5) is 0 Å². The van der Waals surface area contributed by atoms with E-state index >= 15 is 0 Å². The maximum atomic E-state index is 11.8. The van der Waals surface area contributed by atoms with Crippen molar-refractivity contribution >= 4 is 23.2 Å². The predicted molar refractivity (Wildman–Crippen MR) is 72.1 cm³/mol. The Morgan fingerprint density at radius 1 is 1.42 bits per heavy atom. The molecule has 7 heteroatoms. The number of hydrogen-bond donors (Lipinski definition) is 1. The molecule has 0 aliphatic carbocycles. The van der Waals surface area contributed by atoms with Crippen LogP contribution >= 0.6 is 11.6 Å². The fraction of sp³-hybridized carbons (Fsp3) is 0.167. The van der Waals surface area contributed by atoms with E-state index in [9.17, 15) is 4.79 Å². The molecule has 0 aliphatic rings. The van der Waals surface area contributed by atoms with E-state index in [0.717, 1.165) is 5.56 Å². The number of aromatic nitrogens is 3. The summed E-state index contributed by atoms with van der Waals surface area (Å²) in [5.41, 5.74) is 4.11. The number of pyridine rings is 1. The fourth-order valence-corrected chi connectivity index (χ4v) is 1.72. The minimum absolute atomic E-state index is 0.149. The normalized spacial score (nSPS) is 11.4. The molecule has 0 saturated carbocycles. The molecule has 0 saturated heterocycles. The van der Waals surface area contributed by atoms with Gasteiger partial charge < -0.3 is 0 Å². The van der Waals surface area contributed by atoms with Gasteiger partial charge in [0.1, 0.15) is 0 Å². The number of nitrogens with zero attached hydrogens (tertiary/aromatic N) is 4. The van der Waals surface area contributed by atoms with Crippen LogP contribution in [0.25, 0.3) is 0 Å². The maximum absolute atomic E-state index is 11.8. The minimum Gasteiger partial charge on any atom is -0.273 e. The van der Waals surface area contributed by atoms with Crippen LogP contribution in [0.3, 0.4) is 0 Å². The monoisotopic (exact) mass is 277 g/mol. The van der Waals surface area contributed by atoms with E-state index in [-0.39, 0.29) is 10.7 Å². The van der Waals surface area contributed by atoms with Crippen LogP contribution in [0.5, 0.6) is 0 Å². The molecule has 0 spiro atoms. The summed E-state index contributed by atoms with van der Waals surface area (Å²) in [6, 6.07) is 3.61. The third-order valence-electron chi connectivity index (χ3n) is 2.42. The Balaban J connectivity index is 2.10. The third-order valence-corrected chi connectivity index (χ3v) is 2.70. The number of carbonyl (C=O) groups excluding carboxylic acids is 1. The van der Waals surface area contributed by atoms with Crippen LogP contribution in [0.1, 0.15) is 23.0 Å². The molecule has 0 aliphatic heterocycles. The molecule has 0 bridgehead atoms. The maximum Gasteiger partial charge on any atom is 0.293 e. The molecule has 2 aromatic heterocycles. The molecule has 0 fully saturated rings. The van der Waals surface area contributed by atoms with E-state index in [1.807, 2.05) is 0 Å². The van der Waals surface area contributed by atoms with Gasteiger partial charge in [-0.15, -0.1) is 0 Å². The third kappa shape index (κ3) is 3.17. The number of hydrazone groups is 1. The van der Waals surface area contributed by atoms with Crippen LogP contribution in [0.2, 0.25) is 5.02 Å². The highest BCUT2D eigenvalue weighted by atomic mass is 35.5. The van der Waals surface area contributed by atoms with E-state index in [1.165, 1.54) is 4.68 Å². The van der Waals surface area contributed by atoms with Crippen LogP contribution in [0.15, 0.2) is 35.8 Å². The molecule has 2 heterocycles. The van der Waals surface area contributed by atoms with Gasteiger partial charge >= 0.3 is 0 Å². The van der Waals surface area contributed by atoms with Crippen molar-refractivity contribution in [3.63, 3.8) is 0 Å². The summed E-state index contributed by atoms with van der Waals surface area (Å²) in [6.45, 7) is 1.79. The average molecular weight is 278 g/mol. The predicted octanol–water partition coefficient (Wildman–Crippen LogP) is 1.62. The largest absolute Gasteiger partial charge is 0.293 e. The molecular formula is C12H12ClN5O. The Labute approximate surface area is 115 Å². The molecule has 2 aromatic rings. The summed E-state index contributed by atoms with van der Waals surface area (Å²) in [5.74, 6) is -0.445. The number of amides is 1. The number of rotatable bonds is 3. The zero-order valence-corrected chi connectivity index (χ0v) is 11.2. The summed E-state index contributed by atoms with van der Waals surface area (Å²) >= 11 is 5.87. The lowest BCUT2D eigenvalue weighted by Gasteiger charge is -2.01.